The van der Waals surface area contributed by atoms with Crippen molar-refractivity contribution >= 4 is 17.6 Å². The van der Waals surface area contributed by atoms with Crippen LogP contribution in [0.3, 0.4) is 0 Å². The van der Waals surface area contributed by atoms with E-state index in [1.165, 1.54) is 32.1 Å². The van der Waals surface area contributed by atoms with E-state index in [-0.39, 0.29) is 0 Å². The van der Waals surface area contributed by atoms with Crippen molar-refractivity contribution in [3.63, 3.8) is 0 Å². The van der Waals surface area contributed by atoms with Crippen molar-refractivity contribution in [3.8, 4) is 0 Å². The predicted octanol–water partition coefficient (Wildman–Crippen LogP) is 3.12. The lowest BCUT2D eigenvalue weighted by Gasteiger charge is -2.29. The Balaban J connectivity index is 2.05. The maximum absolute atomic E-state index is 5.83. The average Bonchev–Trinajstić information content (AvgIpc) is 2.33. The fourth-order valence-corrected chi connectivity index (χ4v) is 3.75. The number of rotatable bonds is 3. The number of nitrogens with two attached hydrogens (primary N) is 1. The van der Waals surface area contributed by atoms with E-state index in [0.29, 0.717) is 11.1 Å². The standard InChI is InChI=1S/C12H19N3S/c1-2-9-5-3-4-6-10(9)16-12-11(13)14-7-8-15-12/h7-10H,2-6H2,1H3,(H2,13,14). The molecule has 1 heterocycles. The first-order valence-corrected chi connectivity index (χ1v) is 6.92. The summed E-state index contributed by atoms with van der Waals surface area (Å²) in [5, 5.41) is 1.59. The summed E-state index contributed by atoms with van der Waals surface area (Å²) in [4.78, 5) is 8.41. The van der Waals surface area contributed by atoms with Gasteiger partial charge >= 0.3 is 0 Å². The molecule has 1 aromatic heterocycles. The smallest absolute Gasteiger partial charge is 0.156 e. The van der Waals surface area contributed by atoms with E-state index >= 15 is 0 Å². The third kappa shape index (κ3) is 2.67. The molecular formula is C12H19N3S. The molecule has 16 heavy (non-hydrogen) atoms. The van der Waals surface area contributed by atoms with Gasteiger partial charge in [-0.25, -0.2) is 9.97 Å². The van der Waals surface area contributed by atoms with Gasteiger partial charge in [-0.2, -0.15) is 0 Å². The molecule has 0 bridgehead atoms. The second kappa shape index (κ2) is 5.53. The normalized spacial score (nSPS) is 25.6. The molecule has 2 atom stereocenters. The van der Waals surface area contributed by atoms with Gasteiger partial charge in [-0.05, 0) is 18.8 Å². The first-order valence-electron chi connectivity index (χ1n) is 6.04. The van der Waals surface area contributed by atoms with Crippen LogP contribution in [0.2, 0.25) is 0 Å². The Morgan fingerprint density at radius 3 is 2.81 bits per heavy atom. The van der Waals surface area contributed by atoms with E-state index in [1.807, 2.05) is 11.8 Å². The van der Waals surface area contributed by atoms with Crippen LogP contribution in [0.25, 0.3) is 0 Å². The monoisotopic (exact) mass is 237 g/mol. The van der Waals surface area contributed by atoms with Crippen molar-refractivity contribution in [2.45, 2.75) is 49.3 Å². The molecule has 0 amide bonds. The molecule has 0 aromatic carbocycles. The second-order valence-corrected chi connectivity index (χ2v) is 5.58. The van der Waals surface area contributed by atoms with E-state index in [1.54, 1.807) is 12.4 Å². The molecule has 1 aromatic rings. The Morgan fingerprint density at radius 1 is 1.31 bits per heavy atom. The number of hydrogen-bond acceptors (Lipinski definition) is 4. The van der Waals surface area contributed by atoms with E-state index in [2.05, 4.69) is 16.9 Å². The molecule has 0 radical (unpaired) electrons. The summed E-state index contributed by atoms with van der Waals surface area (Å²) >= 11 is 1.83. The summed E-state index contributed by atoms with van der Waals surface area (Å²) in [6, 6.07) is 0. The highest BCUT2D eigenvalue weighted by Gasteiger charge is 2.25. The lowest BCUT2D eigenvalue weighted by molar-refractivity contribution is 0.361. The summed E-state index contributed by atoms with van der Waals surface area (Å²) in [6.45, 7) is 2.28. The first-order chi connectivity index (χ1) is 7.81. The molecule has 2 rings (SSSR count). The topological polar surface area (TPSA) is 51.8 Å². The minimum atomic E-state index is 0.577. The number of hydrogen-bond donors (Lipinski definition) is 1. The third-order valence-electron chi connectivity index (χ3n) is 3.32. The maximum atomic E-state index is 5.83. The van der Waals surface area contributed by atoms with Gasteiger partial charge in [0, 0.05) is 17.6 Å². The fourth-order valence-electron chi connectivity index (χ4n) is 2.37. The largest absolute Gasteiger partial charge is 0.381 e. The van der Waals surface area contributed by atoms with Crippen molar-refractivity contribution in [3.05, 3.63) is 12.4 Å². The van der Waals surface area contributed by atoms with Crippen molar-refractivity contribution in [1.82, 2.24) is 9.97 Å². The highest BCUT2D eigenvalue weighted by molar-refractivity contribution is 8.00. The summed E-state index contributed by atoms with van der Waals surface area (Å²) in [6.07, 6.45) is 10.0. The summed E-state index contributed by atoms with van der Waals surface area (Å²) in [5.74, 6) is 1.40. The van der Waals surface area contributed by atoms with E-state index in [9.17, 15) is 0 Å². The molecule has 2 N–H and O–H groups in total. The zero-order valence-corrected chi connectivity index (χ0v) is 10.5. The van der Waals surface area contributed by atoms with Crippen molar-refractivity contribution in [2.24, 2.45) is 5.92 Å². The zero-order valence-electron chi connectivity index (χ0n) is 9.72. The van der Waals surface area contributed by atoms with Crippen LogP contribution >= 0.6 is 11.8 Å². The lowest BCUT2D eigenvalue weighted by atomic mass is 9.87. The highest BCUT2D eigenvalue weighted by atomic mass is 32.2. The number of nitrogens with zero attached hydrogens (tertiary/aromatic N) is 2. The van der Waals surface area contributed by atoms with Crippen molar-refractivity contribution < 1.29 is 0 Å². The van der Waals surface area contributed by atoms with Crippen LogP contribution in [-0.2, 0) is 0 Å². The Labute approximate surface area is 101 Å². The van der Waals surface area contributed by atoms with Gasteiger partial charge < -0.3 is 5.73 Å². The highest BCUT2D eigenvalue weighted by Crippen LogP contribution is 2.39. The number of aromatic nitrogens is 2. The van der Waals surface area contributed by atoms with Crippen LogP contribution in [-0.4, -0.2) is 15.2 Å². The van der Waals surface area contributed by atoms with Gasteiger partial charge in [0.2, 0.25) is 0 Å². The molecule has 1 saturated carbocycles. The molecule has 0 spiro atoms. The molecule has 1 aliphatic rings. The Kier molecular flexibility index (Phi) is 4.04. The fraction of sp³-hybridized carbons (Fsp3) is 0.667. The Morgan fingerprint density at radius 2 is 2.06 bits per heavy atom. The average molecular weight is 237 g/mol. The SMILES string of the molecule is CCC1CCCCC1Sc1nccnc1N. The van der Waals surface area contributed by atoms with Gasteiger partial charge in [0.05, 0.1) is 0 Å². The number of nitrogen functional groups attached to an aromatic ring is 1. The molecule has 2 unspecified atom stereocenters. The van der Waals surface area contributed by atoms with Gasteiger partial charge in [0.15, 0.2) is 5.82 Å². The minimum Gasteiger partial charge on any atom is -0.381 e. The Bertz CT molecular complexity index is 343. The van der Waals surface area contributed by atoms with Crippen LogP contribution in [0.5, 0.6) is 0 Å². The molecular weight excluding hydrogens is 218 g/mol. The second-order valence-electron chi connectivity index (χ2n) is 4.36. The molecule has 0 saturated heterocycles. The first kappa shape index (κ1) is 11.7. The molecule has 3 nitrogen and oxygen atoms in total. The Hall–Kier alpha value is -0.770. The van der Waals surface area contributed by atoms with Crippen LogP contribution in [0.15, 0.2) is 17.4 Å². The maximum Gasteiger partial charge on any atom is 0.156 e. The van der Waals surface area contributed by atoms with E-state index in [0.717, 1.165) is 10.9 Å². The van der Waals surface area contributed by atoms with Crippen LogP contribution in [0, 0.1) is 5.92 Å². The molecule has 4 heteroatoms. The zero-order chi connectivity index (χ0) is 11.4. The van der Waals surface area contributed by atoms with Crippen molar-refractivity contribution in [1.29, 1.82) is 0 Å². The summed E-state index contributed by atoms with van der Waals surface area (Å²) in [7, 11) is 0. The van der Waals surface area contributed by atoms with E-state index in [4.69, 9.17) is 5.73 Å². The van der Waals surface area contributed by atoms with Crippen LogP contribution in [0.1, 0.15) is 39.0 Å². The van der Waals surface area contributed by atoms with Gasteiger partial charge in [-0.1, -0.05) is 37.9 Å². The molecule has 1 fully saturated rings. The lowest BCUT2D eigenvalue weighted by Crippen LogP contribution is -2.21. The molecule has 88 valence electrons. The minimum absolute atomic E-state index is 0.577. The van der Waals surface area contributed by atoms with Crippen LogP contribution < -0.4 is 5.73 Å². The van der Waals surface area contributed by atoms with Gasteiger partial charge in [-0.15, -0.1) is 0 Å². The van der Waals surface area contributed by atoms with Gasteiger partial charge in [0.1, 0.15) is 5.03 Å². The summed E-state index contributed by atoms with van der Waals surface area (Å²) < 4.78 is 0. The number of anilines is 1. The molecule has 1 aliphatic carbocycles. The molecule has 0 aliphatic heterocycles. The van der Waals surface area contributed by atoms with E-state index < -0.39 is 0 Å². The number of thioether (sulfide) groups is 1. The van der Waals surface area contributed by atoms with Gasteiger partial charge in [0.25, 0.3) is 0 Å². The van der Waals surface area contributed by atoms with Gasteiger partial charge in [-0.3, -0.25) is 0 Å². The van der Waals surface area contributed by atoms with Crippen LogP contribution in [0.4, 0.5) is 5.82 Å². The quantitative estimate of drug-likeness (QED) is 0.877. The summed E-state index contributed by atoms with van der Waals surface area (Å²) in [5.41, 5.74) is 5.83. The third-order valence-corrected chi connectivity index (χ3v) is 4.78. The predicted molar refractivity (Wildman–Crippen MR) is 68.3 cm³/mol. The van der Waals surface area contributed by atoms with Crippen molar-refractivity contribution in [2.75, 3.05) is 5.73 Å².